The van der Waals surface area contributed by atoms with Crippen molar-refractivity contribution in [1.82, 2.24) is 9.55 Å². The maximum atomic E-state index is 6.12. The number of aromatic nitrogens is 2. The van der Waals surface area contributed by atoms with Gasteiger partial charge in [0.25, 0.3) is 0 Å². The van der Waals surface area contributed by atoms with Gasteiger partial charge in [-0.1, -0.05) is 23.7 Å². The van der Waals surface area contributed by atoms with E-state index in [1.165, 1.54) is 18.4 Å². The van der Waals surface area contributed by atoms with Crippen LogP contribution < -0.4 is 5.32 Å². The Morgan fingerprint density at radius 2 is 2.00 bits per heavy atom. The second-order valence-electron chi connectivity index (χ2n) is 5.47. The molecule has 0 bridgehead atoms. The summed E-state index contributed by atoms with van der Waals surface area (Å²) in [7, 11) is 1.94. The van der Waals surface area contributed by atoms with E-state index in [9.17, 15) is 0 Å². The van der Waals surface area contributed by atoms with E-state index in [2.05, 4.69) is 34.1 Å². The molecular formula is C17H16ClN3. The highest BCUT2D eigenvalue weighted by Crippen LogP contribution is 2.42. The third-order valence-corrected chi connectivity index (χ3v) is 4.24. The first-order valence-corrected chi connectivity index (χ1v) is 7.60. The molecule has 1 aliphatic carbocycles. The van der Waals surface area contributed by atoms with Crippen LogP contribution in [0, 0.1) is 0 Å². The summed E-state index contributed by atoms with van der Waals surface area (Å²) in [6.45, 7) is 0. The number of nitrogens with one attached hydrogen (secondary N) is 1. The van der Waals surface area contributed by atoms with Gasteiger partial charge in [0, 0.05) is 29.4 Å². The quantitative estimate of drug-likeness (QED) is 0.757. The van der Waals surface area contributed by atoms with Gasteiger partial charge in [0.1, 0.15) is 5.82 Å². The molecule has 106 valence electrons. The number of rotatable bonds is 3. The molecule has 21 heavy (non-hydrogen) atoms. The third-order valence-electron chi connectivity index (χ3n) is 4.00. The van der Waals surface area contributed by atoms with Crippen molar-refractivity contribution in [3.63, 3.8) is 0 Å². The molecule has 1 aromatic heterocycles. The summed E-state index contributed by atoms with van der Waals surface area (Å²) in [6.07, 6.45) is 2.45. The number of fused-ring (bicyclic) bond motifs is 1. The van der Waals surface area contributed by atoms with Crippen LogP contribution in [0.25, 0.3) is 22.4 Å². The SMILES string of the molecule is CNc1ccccc1-c1nc2cc(Cl)ccc2n1C1CC1. The number of imidazole rings is 1. The van der Waals surface area contributed by atoms with Gasteiger partial charge in [0.2, 0.25) is 0 Å². The molecule has 0 atom stereocenters. The minimum absolute atomic E-state index is 0.566. The maximum absolute atomic E-state index is 6.12. The Morgan fingerprint density at radius 3 is 2.76 bits per heavy atom. The molecule has 0 amide bonds. The maximum Gasteiger partial charge on any atom is 0.143 e. The van der Waals surface area contributed by atoms with E-state index in [1.807, 2.05) is 25.2 Å². The van der Waals surface area contributed by atoms with Crippen LogP contribution in [0.3, 0.4) is 0 Å². The van der Waals surface area contributed by atoms with Gasteiger partial charge in [-0.25, -0.2) is 4.98 Å². The minimum Gasteiger partial charge on any atom is -0.388 e. The average molecular weight is 298 g/mol. The topological polar surface area (TPSA) is 29.9 Å². The Bertz CT molecular complexity index is 818. The van der Waals surface area contributed by atoms with Crippen LogP contribution in [-0.4, -0.2) is 16.6 Å². The van der Waals surface area contributed by atoms with Gasteiger partial charge < -0.3 is 9.88 Å². The first-order valence-electron chi connectivity index (χ1n) is 7.22. The lowest BCUT2D eigenvalue weighted by molar-refractivity contribution is 0.775. The number of nitrogens with zero attached hydrogens (tertiary/aromatic N) is 2. The van der Waals surface area contributed by atoms with Gasteiger partial charge in [-0.2, -0.15) is 0 Å². The lowest BCUT2D eigenvalue weighted by Gasteiger charge is -2.11. The molecule has 1 heterocycles. The molecule has 1 aliphatic rings. The Hall–Kier alpha value is -2.00. The van der Waals surface area contributed by atoms with Gasteiger partial charge in [-0.3, -0.25) is 0 Å². The predicted octanol–water partition coefficient (Wildman–Crippen LogP) is 4.73. The highest BCUT2D eigenvalue weighted by Gasteiger charge is 2.29. The van der Waals surface area contributed by atoms with Gasteiger partial charge in [0.05, 0.1) is 11.0 Å². The van der Waals surface area contributed by atoms with Gasteiger partial charge in [-0.05, 0) is 43.2 Å². The summed E-state index contributed by atoms with van der Waals surface area (Å²) in [6, 6.07) is 14.8. The lowest BCUT2D eigenvalue weighted by Crippen LogP contribution is -2.00. The minimum atomic E-state index is 0.566. The van der Waals surface area contributed by atoms with E-state index in [-0.39, 0.29) is 0 Å². The molecule has 0 saturated heterocycles. The van der Waals surface area contributed by atoms with Gasteiger partial charge >= 0.3 is 0 Å². The summed E-state index contributed by atoms with van der Waals surface area (Å²) in [5.74, 6) is 1.03. The van der Waals surface area contributed by atoms with Crippen molar-refractivity contribution < 1.29 is 0 Å². The Kier molecular flexibility index (Phi) is 2.89. The van der Waals surface area contributed by atoms with Crippen LogP contribution in [0.15, 0.2) is 42.5 Å². The molecule has 1 saturated carbocycles. The molecular weight excluding hydrogens is 282 g/mol. The van der Waals surface area contributed by atoms with Crippen molar-refractivity contribution in [2.24, 2.45) is 0 Å². The molecule has 3 nitrogen and oxygen atoms in total. The smallest absolute Gasteiger partial charge is 0.143 e. The number of anilines is 1. The van der Waals surface area contributed by atoms with E-state index in [0.29, 0.717) is 6.04 Å². The molecule has 0 aliphatic heterocycles. The first-order chi connectivity index (χ1) is 10.3. The largest absolute Gasteiger partial charge is 0.388 e. The predicted molar refractivity (Wildman–Crippen MR) is 88.0 cm³/mol. The van der Waals surface area contributed by atoms with E-state index < -0.39 is 0 Å². The van der Waals surface area contributed by atoms with Crippen molar-refractivity contribution >= 4 is 28.3 Å². The van der Waals surface area contributed by atoms with Crippen molar-refractivity contribution in [2.75, 3.05) is 12.4 Å². The molecule has 1 N–H and O–H groups in total. The van der Waals surface area contributed by atoms with E-state index in [4.69, 9.17) is 16.6 Å². The molecule has 3 aromatic rings. The van der Waals surface area contributed by atoms with Crippen molar-refractivity contribution in [3.05, 3.63) is 47.5 Å². The normalized spacial score (nSPS) is 14.6. The number of hydrogen-bond acceptors (Lipinski definition) is 2. The number of para-hydroxylation sites is 1. The number of halogens is 1. The lowest BCUT2D eigenvalue weighted by atomic mass is 10.1. The van der Waals surface area contributed by atoms with E-state index >= 15 is 0 Å². The fourth-order valence-corrected chi connectivity index (χ4v) is 3.03. The number of hydrogen-bond donors (Lipinski definition) is 1. The summed E-state index contributed by atoms with van der Waals surface area (Å²) in [4.78, 5) is 4.85. The van der Waals surface area contributed by atoms with Crippen LogP contribution in [0.4, 0.5) is 5.69 Å². The molecule has 0 radical (unpaired) electrons. The fraction of sp³-hybridized carbons (Fsp3) is 0.235. The molecule has 2 aromatic carbocycles. The fourth-order valence-electron chi connectivity index (χ4n) is 2.86. The highest BCUT2D eigenvalue weighted by molar-refractivity contribution is 6.31. The first kappa shape index (κ1) is 12.7. The zero-order chi connectivity index (χ0) is 14.4. The van der Waals surface area contributed by atoms with E-state index in [0.717, 1.165) is 27.6 Å². The molecule has 4 rings (SSSR count). The zero-order valence-corrected chi connectivity index (χ0v) is 12.6. The van der Waals surface area contributed by atoms with Crippen LogP contribution in [-0.2, 0) is 0 Å². The van der Waals surface area contributed by atoms with Crippen LogP contribution >= 0.6 is 11.6 Å². The Labute approximate surface area is 128 Å². The van der Waals surface area contributed by atoms with E-state index in [1.54, 1.807) is 0 Å². The zero-order valence-electron chi connectivity index (χ0n) is 11.8. The van der Waals surface area contributed by atoms with Crippen molar-refractivity contribution in [1.29, 1.82) is 0 Å². The highest BCUT2D eigenvalue weighted by atomic mass is 35.5. The second kappa shape index (κ2) is 4.78. The molecule has 4 heteroatoms. The Morgan fingerprint density at radius 1 is 1.19 bits per heavy atom. The monoisotopic (exact) mass is 297 g/mol. The second-order valence-corrected chi connectivity index (χ2v) is 5.90. The van der Waals surface area contributed by atoms with Crippen molar-refractivity contribution in [2.45, 2.75) is 18.9 Å². The third kappa shape index (κ3) is 2.09. The van der Waals surface area contributed by atoms with Crippen LogP contribution in [0.1, 0.15) is 18.9 Å². The molecule has 0 unspecified atom stereocenters. The summed E-state index contributed by atoms with van der Waals surface area (Å²) in [5, 5.41) is 3.99. The average Bonchev–Trinajstić information content (AvgIpc) is 3.27. The summed E-state index contributed by atoms with van der Waals surface area (Å²) < 4.78 is 2.36. The van der Waals surface area contributed by atoms with Gasteiger partial charge in [0.15, 0.2) is 0 Å². The Balaban J connectivity index is 2.01. The van der Waals surface area contributed by atoms with Crippen molar-refractivity contribution in [3.8, 4) is 11.4 Å². The summed E-state index contributed by atoms with van der Waals surface area (Å²) in [5.41, 5.74) is 4.37. The summed E-state index contributed by atoms with van der Waals surface area (Å²) >= 11 is 6.12. The van der Waals surface area contributed by atoms with Gasteiger partial charge in [-0.15, -0.1) is 0 Å². The standard InChI is InChI=1S/C17H16ClN3/c1-19-14-5-3-2-4-13(14)17-20-15-10-11(18)6-9-16(15)21(17)12-7-8-12/h2-6,9-10,12,19H,7-8H2,1H3. The number of benzene rings is 2. The molecule has 0 spiro atoms. The van der Waals surface area contributed by atoms with Crippen LogP contribution in [0.2, 0.25) is 5.02 Å². The molecule has 1 fully saturated rings. The van der Waals surface area contributed by atoms with Crippen LogP contribution in [0.5, 0.6) is 0 Å².